The SMILES string of the molecule is Cc1cc(CCO)c(F)cc1Nc1nc(=O)cnn1Cc1cc(F)c(F)c(F)c1. The molecule has 2 aromatic carbocycles. The zero-order chi connectivity index (χ0) is 21.1. The van der Waals surface area contributed by atoms with E-state index in [4.69, 9.17) is 5.11 Å². The van der Waals surface area contributed by atoms with E-state index in [9.17, 15) is 22.4 Å². The Hall–Kier alpha value is -3.27. The third-order valence-corrected chi connectivity index (χ3v) is 4.17. The smallest absolute Gasteiger partial charge is 0.293 e. The Morgan fingerprint density at radius 3 is 2.41 bits per heavy atom. The van der Waals surface area contributed by atoms with Crippen molar-refractivity contribution in [2.45, 2.75) is 19.9 Å². The minimum absolute atomic E-state index is 0.0450. The monoisotopic (exact) mass is 408 g/mol. The number of rotatable bonds is 6. The van der Waals surface area contributed by atoms with Gasteiger partial charge in [0.15, 0.2) is 17.5 Å². The molecule has 0 saturated heterocycles. The van der Waals surface area contributed by atoms with Crippen LogP contribution >= 0.6 is 0 Å². The van der Waals surface area contributed by atoms with Crippen LogP contribution < -0.4 is 10.9 Å². The molecule has 0 amide bonds. The van der Waals surface area contributed by atoms with Gasteiger partial charge >= 0.3 is 0 Å². The Morgan fingerprint density at radius 2 is 1.76 bits per heavy atom. The van der Waals surface area contributed by atoms with E-state index in [1.165, 1.54) is 12.1 Å². The number of anilines is 2. The van der Waals surface area contributed by atoms with E-state index in [0.29, 0.717) is 11.1 Å². The maximum absolute atomic E-state index is 14.2. The molecule has 6 nitrogen and oxygen atoms in total. The minimum atomic E-state index is -1.59. The van der Waals surface area contributed by atoms with Crippen LogP contribution in [0.4, 0.5) is 29.2 Å². The molecular formula is C19H16F4N4O2. The molecule has 0 unspecified atom stereocenters. The Labute approximate surface area is 162 Å². The maximum Gasteiger partial charge on any atom is 0.293 e. The average Bonchev–Trinajstić information content (AvgIpc) is 2.66. The first-order valence-electron chi connectivity index (χ1n) is 8.53. The van der Waals surface area contributed by atoms with Crippen molar-refractivity contribution in [1.82, 2.24) is 14.8 Å². The second kappa shape index (κ2) is 8.39. The van der Waals surface area contributed by atoms with E-state index >= 15 is 0 Å². The summed E-state index contributed by atoms with van der Waals surface area (Å²) in [6.45, 7) is 1.25. The second-order valence-corrected chi connectivity index (χ2v) is 6.31. The Balaban J connectivity index is 1.96. The first kappa shape index (κ1) is 20.5. The second-order valence-electron chi connectivity index (χ2n) is 6.31. The van der Waals surface area contributed by atoms with Crippen LogP contribution in [0.2, 0.25) is 0 Å². The zero-order valence-electron chi connectivity index (χ0n) is 15.2. The molecule has 1 heterocycles. The fourth-order valence-corrected chi connectivity index (χ4v) is 2.75. The predicted molar refractivity (Wildman–Crippen MR) is 96.9 cm³/mol. The largest absolute Gasteiger partial charge is 0.396 e. The van der Waals surface area contributed by atoms with Crippen molar-refractivity contribution in [3.63, 3.8) is 0 Å². The lowest BCUT2D eigenvalue weighted by atomic mass is 10.1. The van der Waals surface area contributed by atoms with E-state index in [0.717, 1.165) is 23.0 Å². The van der Waals surface area contributed by atoms with Crippen LogP contribution in [0.15, 0.2) is 35.3 Å². The summed E-state index contributed by atoms with van der Waals surface area (Å²) in [5.41, 5.74) is 0.580. The summed E-state index contributed by atoms with van der Waals surface area (Å²) >= 11 is 0. The summed E-state index contributed by atoms with van der Waals surface area (Å²) in [7, 11) is 0. The number of hydrogen-bond donors (Lipinski definition) is 2. The molecule has 1 aromatic heterocycles. The molecule has 0 aliphatic rings. The Morgan fingerprint density at radius 1 is 1.07 bits per heavy atom. The lowest BCUT2D eigenvalue weighted by Crippen LogP contribution is -2.20. The number of aliphatic hydroxyl groups is 1. The van der Waals surface area contributed by atoms with Crippen LogP contribution in [0, 0.1) is 30.2 Å². The van der Waals surface area contributed by atoms with Crippen molar-refractivity contribution in [3.05, 3.63) is 80.8 Å². The van der Waals surface area contributed by atoms with Crippen LogP contribution in [0.3, 0.4) is 0 Å². The number of aliphatic hydroxyl groups excluding tert-OH is 1. The molecule has 0 aliphatic carbocycles. The predicted octanol–water partition coefficient (Wildman–Crippen LogP) is 2.83. The van der Waals surface area contributed by atoms with E-state index in [-0.39, 0.29) is 36.8 Å². The van der Waals surface area contributed by atoms with Crippen molar-refractivity contribution in [2.24, 2.45) is 0 Å². The van der Waals surface area contributed by atoms with Crippen molar-refractivity contribution in [1.29, 1.82) is 0 Å². The number of halogens is 4. The number of hydrogen-bond acceptors (Lipinski definition) is 5. The van der Waals surface area contributed by atoms with E-state index in [2.05, 4.69) is 15.4 Å². The van der Waals surface area contributed by atoms with Crippen molar-refractivity contribution in [2.75, 3.05) is 11.9 Å². The highest BCUT2D eigenvalue weighted by Crippen LogP contribution is 2.23. The standard InChI is InChI=1S/C19H16F4N4O2/c1-10-4-12(2-3-28)13(20)7-16(10)25-19-26-17(29)8-24-27(19)9-11-5-14(21)18(23)15(22)6-11/h4-8,28H,2-3,9H2,1H3,(H,25,26,29). The number of aryl methyl sites for hydroxylation is 1. The third kappa shape index (κ3) is 4.60. The highest BCUT2D eigenvalue weighted by Gasteiger charge is 2.14. The molecule has 0 atom stereocenters. The van der Waals surface area contributed by atoms with Gasteiger partial charge < -0.3 is 10.4 Å². The normalized spacial score (nSPS) is 11.0. The zero-order valence-corrected chi connectivity index (χ0v) is 15.2. The summed E-state index contributed by atoms with van der Waals surface area (Å²) in [6, 6.07) is 4.33. The number of nitrogens with zero attached hydrogens (tertiary/aromatic N) is 3. The summed E-state index contributed by atoms with van der Waals surface area (Å²) in [5.74, 6) is -4.97. The van der Waals surface area contributed by atoms with Gasteiger partial charge in [-0.1, -0.05) is 6.07 Å². The van der Waals surface area contributed by atoms with E-state index < -0.39 is 28.8 Å². The molecule has 2 N–H and O–H groups in total. The molecular weight excluding hydrogens is 392 g/mol. The Kier molecular flexibility index (Phi) is 5.92. The molecule has 0 spiro atoms. The fraction of sp³-hybridized carbons (Fsp3) is 0.211. The first-order chi connectivity index (χ1) is 13.8. The molecule has 0 fully saturated rings. The lowest BCUT2D eigenvalue weighted by molar-refractivity contribution is 0.297. The van der Waals surface area contributed by atoms with Crippen LogP contribution in [-0.4, -0.2) is 26.5 Å². The van der Waals surface area contributed by atoms with Crippen LogP contribution in [0.25, 0.3) is 0 Å². The average molecular weight is 408 g/mol. The molecule has 10 heteroatoms. The molecule has 0 aliphatic heterocycles. The molecule has 29 heavy (non-hydrogen) atoms. The summed E-state index contributed by atoms with van der Waals surface area (Å²) in [5, 5.41) is 15.6. The van der Waals surface area contributed by atoms with Crippen LogP contribution in [-0.2, 0) is 13.0 Å². The summed E-state index contributed by atoms with van der Waals surface area (Å²) < 4.78 is 55.4. The van der Waals surface area contributed by atoms with Crippen molar-refractivity contribution >= 4 is 11.6 Å². The van der Waals surface area contributed by atoms with Gasteiger partial charge in [-0.2, -0.15) is 10.1 Å². The molecule has 3 rings (SSSR count). The fourth-order valence-electron chi connectivity index (χ4n) is 2.75. The van der Waals surface area contributed by atoms with Gasteiger partial charge in [0.25, 0.3) is 5.56 Å². The molecule has 152 valence electrons. The van der Waals surface area contributed by atoms with Gasteiger partial charge in [-0.05, 0) is 48.2 Å². The van der Waals surface area contributed by atoms with Gasteiger partial charge in [-0.15, -0.1) is 0 Å². The number of benzene rings is 2. The highest BCUT2D eigenvalue weighted by atomic mass is 19.2. The van der Waals surface area contributed by atoms with Gasteiger partial charge in [0, 0.05) is 12.3 Å². The molecule has 3 aromatic rings. The van der Waals surface area contributed by atoms with Crippen molar-refractivity contribution < 1.29 is 22.7 Å². The lowest BCUT2D eigenvalue weighted by Gasteiger charge is -2.15. The van der Waals surface area contributed by atoms with Gasteiger partial charge in [0.05, 0.1) is 6.54 Å². The highest BCUT2D eigenvalue weighted by molar-refractivity contribution is 5.59. The van der Waals surface area contributed by atoms with Crippen LogP contribution in [0.1, 0.15) is 16.7 Å². The molecule has 0 bridgehead atoms. The maximum atomic E-state index is 14.2. The third-order valence-electron chi connectivity index (χ3n) is 4.17. The summed E-state index contributed by atoms with van der Waals surface area (Å²) in [6.07, 6.45) is 1.05. The molecule has 0 saturated carbocycles. The topological polar surface area (TPSA) is 80.0 Å². The van der Waals surface area contributed by atoms with Gasteiger partial charge in [-0.25, -0.2) is 22.2 Å². The summed E-state index contributed by atoms with van der Waals surface area (Å²) in [4.78, 5) is 15.4. The minimum Gasteiger partial charge on any atom is -0.396 e. The number of nitrogens with one attached hydrogen (secondary N) is 1. The van der Waals surface area contributed by atoms with E-state index in [1.807, 2.05) is 0 Å². The quantitative estimate of drug-likeness (QED) is 0.484. The van der Waals surface area contributed by atoms with Gasteiger partial charge in [0.2, 0.25) is 5.95 Å². The first-order valence-corrected chi connectivity index (χ1v) is 8.53. The Bertz CT molecular complexity index is 1090. The van der Waals surface area contributed by atoms with E-state index in [1.54, 1.807) is 6.92 Å². The molecule has 0 radical (unpaired) electrons. The van der Waals surface area contributed by atoms with Gasteiger partial charge in [0.1, 0.15) is 12.0 Å². The number of aromatic nitrogens is 3. The van der Waals surface area contributed by atoms with Crippen LogP contribution in [0.5, 0.6) is 0 Å². The van der Waals surface area contributed by atoms with Gasteiger partial charge in [-0.3, -0.25) is 4.79 Å². The van der Waals surface area contributed by atoms with Crippen molar-refractivity contribution in [3.8, 4) is 0 Å².